The molecule has 1 heterocycles. The van der Waals surface area contributed by atoms with E-state index in [4.69, 9.17) is 0 Å². The van der Waals surface area contributed by atoms with Gasteiger partial charge < -0.3 is 10.2 Å². The first kappa shape index (κ1) is 19.1. The molecule has 1 N–H and O–H groups in total. The van der Waals surface area contributed by atoms with E-state index >= 15 is 0 Å². The van der Waals surface area contributed by atoms with Gasteiger partial charge in [0.1, 0.15) is 0 Å². The Bertz CT molecular complexity index is 828. The summed E-state index contributed by atoms with van der Waals surface area (Å²) in [5.41, 5.74) is 1.09. The lowest BCUT2D eigenvalue weighted by atomic mass is 9.77. The molecule has 0 saturated heterocycles. The van der Waals surface area contributed by atoms with Crippen molar-refractivity contribution in [2.75, 3.05) is 13.6 Å². The van der Waals surface area contributed by atoms with Crippen molar-refractivity contribution in [2.45, 2.75) is 32.2 Å². The molecule has 0 unspecified atom stereocenters. The van der Waals surface area contributed by atoms with Gasteiger partial charge in [-0.3, -0.25) is 14.6 Å². The number of benzene rings is 1. The highest BCUT2D eigenvalue weighted by Crippen LogP contribution is 2.32. The van der Waals surface area contributed by atoms with Crippen molar-refractivity contribution < 1.29 is 9.59 Å². The molecule has 2 aromatic rings. The third-order valence-electron chi connectivity index (χ3n) is 5.40. The van der Waals surface area contributed by atoms with E-state index in [1.165, 1.54) is 0 Å². The van der Waals surface area contributed by atoms with Gasteiger partial charge in [-0.25, -0.2) is 0 Å². The molecule has 0 aliphatic heterocycles. The van der Waals surface area contributed by atoms with Gasteiger partial charge in [-0.05, 0) is 29.9 Å². The number of fused-ring (bicyclic) bond motifs is 1. The van der Waals surface area contributed by atoms with Crippen LogP contribution in [-0.4, -0.2) is 35.3 Å². The average Bonchev–Trinajstić information content (AvgIpc) is 2.71. The number of nitrogens with one attached hydrogen (secondary N) is 1. The largest absolute Gasteiger partial charge is 0.352 e. The second-order valence-corrected chi connectivity index (χ2v) is 7.24. The van der Waals surface area contributed by atoms with E-state index in [0.717, 1.165) is 42.0 Å². The number of aromatic nitrogens is 1. The lowest BCUT2D eigenvalue weighted by Crippen LogP contribution is -2.44. The Morgan fingerprint density at radius 1 is 1.26 bits per heavy atom. The van der Waals surface area contributed by atoms with Gasteiger partial charge in [0.05, 0.1) is 0 Å². The van der Waals surface area contributed by atoms with Gasteiger partial charge in [0, 0.05) is 49.8 Å². The Kier molecular flexibility index (Phi) is 6.22. The molecule has 27 heavy (non-hydrogen) atoms. The van der Waals surface area contributed by atoms with E-state index < -0.39 is 0 Å². The number of rotatable bonds is 6. The zero-order chi connectivity index (χ0) is 19.2. The van der Waals surface area contributed by atoms with Crippen LogP contribution in [-0.2, 0) is 16.1 Å². The predicted octanol–water partition coefficient (Wildman–Crippen LogP) is 3.30. The molecule has 1 aromatic heterocycles. The van der Waals surface area contributed by atoms with Crippen LogP contribution < -0.4 is 5.32 Å². The van der Waals surface area contributed by atoms with E-state index in [1.54, 1.807) is 17.2 Å². The summed E-state index contributed by atoms with van der Waals surface area (Å²) < 4.78 is 0. The molecule has 5 nitrogen and oxygen atoms in total. The Balaban J connectivity index is 1.74. The minimum atomic E-state index is -0.245. The third-order valence-corrected chi connectivity index (χ3v) is 5.40. The molecule has 1 aliphatic carbocycles. The molecule has 1 saturated carbocycles. The zero-order valence-electron chi connectivity index (χ0n) is 15.9. The SMILES string of the molecule is C=CCNC(=O)[C@@H]1CCCC[C@@H]1C(=O)N(C)Cc1cccc2cnccc12. The highest BCUT2D eigenvalue weighted by molar-refractivity contribution is 5.89. The van der Waals surface area contributed by atoms with Gasteiger partial charge in [0.25, 0.3) is 0 Å². The second kappa shape index (κ2) is 8.80. The normalized spacial score (nSPS) is 19.4. The van der Waals surface area contributed by atoms with E-state index in [0.29, 0.717) is 13.1 Å². The summed E-state index contributed by atoms with van der Waals surface area (Å²) >= 11 is 0. The van der Waals surface area contributed by atoms with E-state index in [-0.39, 0.29) is 23.7 Å². The smallest absolute Gasteiger partial charge is 0.226 e. The van der Waals surface area contributed by atoms with E-state index in [2.05, 4.69) is 16.9 Å². The first-order valence-corrected chi connectivity index (χ1v) is 9.57. The predicted molar refractivity (Wildman–Crippen MR) is 107 cm³/mol. The van der Waals surface area contributed by atoms with Crippen molar-refractivity contribution in [3.63, 3.8) is 0 Å². The minimum absolute atomic E-state index is 0.0300. The molecular formula is C22H27N3O2. The second-order valence-electron chi connectivity index (χ2n) is 7.24. The van der Waals surface area contributed by atoms with Crippen LogP contribution in [0, 0.1) is 11.8 Å². The van der Waals surface area contributed by atoms with Gasteiger partial charge in [0.15, 0.2) is 0 Å². The van der Waals surface area contributed by atoms with E-state index in [1.807, 2.05) is 37.5 Å². The molecule has 5 heteroatoms. The summed E-state index contributed by atoms with van der Waals surface area (Å²) in [6, 6.07) is 8.04. The van der Waals surface area contributed by atoms with E-state index in [9.17, 15) is 9.59 Å². The molecule has 0 bridgehead atoms. The monoisotopic (exact) mass is 365 g/mol. The van der Waals surface area contributed by atoms with Crippen molar-refractivity contribution in [1.29, 1.82) is 0 Å². The number of hydrogen-bond donors (Lipinski definition) is 1. The lowest BCUT2D eigenvalue weighted by Gasteiger charge is -2.32. The molecule has 1 fully saturated rings. The van der Waals surface area contributed by atoms with Crippen molar-refractivity contribution in [2.24, 2.45) is 11.8 Å². The molecule has 2 atom stereocenters. The molecule has 1 aliphatic rings. The van der Waals surface area contributed by atoms with Crippen LogP contribution in [0.3, 0.4) is 0 Å². The molecule has 0 spiro atoms. The maximum absolute atomic E-state index is 13.1. The topological polar surface area (TPSA) is 62.3 Å². The standard InChI is InChI=1S/C22H27N3O2/c1-3-12-24-21(26)19-9-4-5-10-20(19)22(27)25(2)15-17-8-6-7-16-14-23-13-11-18(16)17/h3,6-8,11,13-14,19-20H,1,4-5,9-10,12,15H2,2H3,(H,24,26)/t19-,20+/m1/s1. The molecule has 3 rings (SSSR count). The summed E-state index contributed by atoms with van der Waals surface area (Å²) in [5, 5.41) is 5.04. The summed E-state index contributed by atoms with van der Waals surface area (Å²) in [6.45, 7) is 4.60. The van der Waals surface area contributed by atoms with Gasteiger partial charge in [-0.15, -0.1) is 6.58 Å². The van der Waals surface area contributed by atoms with Gasteiger partial charge in [0.2, 0.25) is 11.8 Å². The van der Waals surface area contributed by atoms with Crippen LogP contribution in [0.1, 0.15) is 31.2 Å². The first-order valence-electron chi connectivity index (χ1n) is 9.57. The number of carbonyl (C=O) groups is 2. The molecule has 1 aromatic carbocycles. The van der Waals surface area contributed by atoms with Crippen LogP contribution in [0.2, 0.25) is 0 Å². The van der Waals surface area contributed by atoms with Crippen LogP contribution >= 0.6 is 0 Å². The summed E-state index contributed by atoms with van der Waals surface area (Å²) in [6.07, 6.45) is 8.81. The fraction of sp³-hybridized carbons (Fsp3) is 0.409. The quantitative estimate of drug-likeness (QED) is 0.799. The minimum Gasteiger partial charge on any atom is -0.352 e. The maximum atomic E-state index is 13.1. The molecule has 2 amide bonds. The number of nitrogens with zero attached hydrogens (tertiary/aromatic N) is 2. The highest BCUT2D eigenvalue weighted by Gasteiger charge is 2.36. The Morgan fingerprint density at radius 3 is 2.81 bits per heavy atom. The Labute approximate surface area is 160 Å². The number of hydrogen-bond acceptors (Lipinski definition) is 3. The highest BCUT2D eigenvalue weighted by atomic mass is 16.2. The van der Waals surface area contributed by atoms with Crippen LogP contribution in [0.4, 0.5) is 0 Å². The third kappa shape index (κ3) is 4.35. The number of amides is 2. The molecule has 142 valence electrons. The average molecular weight is 365 g/mol. The fourth-order valence-electron chi connectivity index (χ4n) is 3.99. The van der Waals surface area contributed by atoms with Crippen molar-refractivity contribution in [3.05, 3.63) is 54.9 Å². The van der Waals surface area contributed by atoms with Crippen molar-refractivity contribution >= 4 is 22.6 Å². The van der Waals surface area contributed by atoms with Gasteiger partial charge >= 0.3 is 0 Å². The Hall–Kier alpha value is -2.69. The van der Waals surface area contributed by atoms with Crippen LogP contribution in [0.25, 0.3) is 10.8 Å². The molecular weight excluding hydrogens is 338 g/mol. The summed E-state index contributed by atoms with van der Waals surface area (Å²) in [5.74, 6) is -0.465. The van der Waals surface area contributed by atoms with Crippen molar-refractivity contribution in [1.82, 2.24) is 15.2 Å². The summed E-state index contributed by atoms with van der Waals surface area (Å²) in [7, 11) is 1.83. The zero-order valence-corrected chi connectivity index (χ0v) is 15.9. The number of carbonyl (C=O) groups excluding carboxylic acids is 2. The molecule has 0 radical (unpaired) electrons. The lowest BCUT2D eigenvalue weighted by molar-refractivity contribution is -0.143. The number of pyridine rings is 1. The maximum Gasteiger partial charge on any atom is 0.226 e. The van der Waals surface area contributed by atoms with Gasteiger partial charge in [-0.2, -0.15) is 0 Å². The van der Waals surface area contributed by atoms with Gasteiger partial charge in [-0.1, -0.05) is 37.1 Å². The first-order chi connectivity index (χ1) is 13.1. The summed E-state index contributed by atoms with van der Waals surface area (Å²) in [4.78, 5) is 31.6. The van der Waals surface area contributed by atoms with Crippen LogP contribution in [0.5, 0.6) is 0 Å². The van der Waals surface area contributed by atoms with Crippen LogP contribution in [0.15, 0.2) is 49.3 Å². The Morgan fingerprint density at radius 2 is 2.04 bits per heavy atom. The van der Waals surface area contributed by atoms with Crippen molar-refractivity contribution in [3.8, 4) is 0 Å². The fourth-order valence-corrected chi connectivity index (χ4v) is 3.99.